The van der Waals surface area contributed by atoms with Crippen LogP contribution in [0.2, 0.25) is 0 Å². The van der Waals surface area contributed by atoms with Gasteiger partial charge in [-0.3, -0.25) is 4.99 Å². The SMILES string of the molecule is Oc1c(Br)cccc1C=NC(c1ccccc1)c1ccccc1. The molecule has 0 unspecified atom stereocenters. The van der Waals surface area contributed by atoms with Gasteiger partial charge in [-0.2, -0.15) is 0 Å². The summed E-state index contributed by atoms with van der Waals surface area (Å²) in [5.74, 6) is 0.205. The minimum absolute atomic E-state index is 0.101. The predicted molar refractivity (Wildman–Crippen MR) is 98.1 cm³/mol. The highest BCUT2D eigenvalue weighted by molar-refractivity contribution is 9.10. The van der Waals surface area contributed by atoms with E-state index in [1.165, 1.54) is 0 Å². The molecule has 0 fully saturated rings. The summed E-state index contributed by atoms with van der Waals surface area (Å²) in [6.45, 7) is 0. The molecule has 0 radical (unpaired) electrons. The molecule has 0 atom stereocenters. The molecule has 0 heterocycles. The van der Waals surface area contributed by atoms with E-state index in [2.05, 4.69) is 40.2 Å². The van der Waals surface area contributed by atoms with Crippen molar-refractivity contribution in [2.45, 2.75) is 6.04 Å². The zero-order valence-corrected chi connectivity index (χ0v) is 14.0. The smallest absolute Gasteiger partial charge is 0.138 e. The standard InChI is InChI=1S/C20H16BrNO/c21-18-13-7-12-17(20(18)23)14-22-19(15-8-3-1-4-9-15)16-10-5-2-6-11-16/h1-14,19,23H. The first kappa shape index (κ1) is 15.5. The van der Waals surface area contributed by atoms with E-state index in [1.54, 1.807) is 12.3 Å². The van der Waals surface area contributed by atoms with Gasteiger partial charge in [-0.25, -0.2) is 0 Å². The van der Waals surface area contributed by atoms with Gasteiger partial charge < -0.3 is 5.11 Å². The normalized spacial score (nSPS) is 11.2. The molecule has 2 nitrogen and oxygen atoms in total. The first-order chi connectivity index (χ1) is 11.3. The highest BCUT2D eigenvalue weighted by Gasteiger charge is 2.12. The first-order valence-corrected chi connectivity index (χ1v) is 8.15. The lowest BCUT2D eigenvalue weighted by molar-refractivity contribution is 0.471. The summed E-state index contributed by atoms with van der Waals surface area (Å²) >= 11 is 3.33. The largest absolute Gasteiger partial charge is 0.506 e. The minimum atomic E-state index is -0.101. The summed E-state index contributed by atoms with van der Waals surface area (Å²) in [6, 6.07) is 25.7. The first-order valence-electron chi connectivity index (χ1n) is 7.36. The number of halogens is 1. The molecule has 0 aromatic heterocycles. The maximum Gasteiger partial charge on any atom is 0.138 e. The average Bonchev–Trinajstić information content (AvgIpc) is 2.60. The molecule has 0 aliphatic rings. The van der Waals surface area contributed by atoms with E-state index in [4.69, 9.17) is 4.99 Å². The van der Waals surface area contributed by atoms with Crippen LogP contribution in [0.1, 0.15) is 22.7 Å². The van der Waals surface area contributed by atoms with Crippen LogP contribution in [0.15, 0.2) is 88.3 Å². The number of nitrogens with zero attached hydrogens (tertiary/aromatic N) is 1. The molecule has 0 spiro atoms. The molecular weight excluding hydrogens is 350 g/mol. The van der Waals surface area contributed by atoms with Gasteiger partial charge in [0.2, 0.25) is 0 Å². The maximum atomic E-state index is 10.1. The Bertz CT molecular complexity index is 761. The third-order valence-corrected chi connectivity index (χ3v) is 4.25. The predicted octanol–water partition coefficient (Wildman–Crippen LogP) is 5.36. The number of hydrogen-bond donors (Lipinski definition) is 1. The van der Waals surface area contributed by atoms with E-state index in [1.807, 2.05) is 48.5 Å². The zero-order chi connectivity index (χ0) is 16.1. The van der Waals surface area contributed by atoms with Crippen molar-refractivity contribution in [2.24, 2.45) is 4.99 Å². The lowest BCUT2D eigenvalue weighted by Gasteiger charge is -2.13. The van der Waals surface area contributed by atoms with E-state index in [0.29, 0.717) is 10.0 Å². The third-order valence-electron chi connectivity index (χ3n) is 3.61. The van der Waals surface area contributed by atoms with Crippen LogP contribution in [0.4, 0.5) is 0 Å². The van der Waals surface area contributed by atoms with Gasteiger partial charge >= 0.3 is 0 Å². The Balaban J connectivity index is 2.00. The van der Waals surface area contributed by atoms with Crippen LogP contribution in [0, 0.1) is 0 Å². The van der Waals surface area contributed by atoms with Crippen molar-refractivity contribution < 1.29 is 5.11 Å². The molecule has 3 rings (SSSR count). The Labute approximate surface area is 144 Å². The van der Waals surface area contributed by atoms with Crippen molar-refractivity contribution in [1.82, 2.24) is 0 Å². The Morgan fingerprint density at radius 3 is 1.91 bits per heavy atom. The van der Waals surface area contributed by atoms with Gasteiger partial charge in [0.1, 0.15) is 5.75 Å². The Morgan fingerprint density at radius 1 is 0.783 bits per heavy atom. The lowest BCUT2D eigenvalue weighted by atomic mass is 9.99. The highest BCUT2D eigenvalue weighted by atomic mass is 79.9. The number of phenolic OH excluding ortho intramolecular Hbond substituents is 1. The molecule has 3 aromatic carbocycles. The van der Waals surface area contributed by atoms with Gasteiger partial charge in [-0.15, -0.1) is 0 Å². The van der Waals surface area contributed by atoms with Crippen LogP contribution in [0.25, 0.3) is 0 Å². The second kappa shape index (κ2) is 7.25. The fourth-order valence-corrected chi connectivity index (χ4v) is 2.81. The molecule has 0 amide bonds. The molecule has 0 aliphatic heterocycles. The molecule has 1 N–H and O–H groups in total. The van der Waals surface area contributed by atoms with Crippen LogP contribution >= 0.6 is 15.9 Å². The van der Waals surface area contributed by atoms with E-state index in [9.17, 15) is 5.11 Å². The molecule has 23 heavy (non-hydrogen) atoms. The summed E-state index contributed by atoms with van der Waals surface area (Å²) in [7, 11) is 0. The number of rotatable bonds is 4. The van der Waals surface area contributed by atoms with Gasteiger partial charge in [0, 0.05) is 11.8 Å². The van der Waals surface area contributed by atoms with Crippen LogP contribution in [0.5, 0.6) is 5.75 Å². The number of phenols is 1. The van der Waals surface area contributed by atoms with Gasteiger partial charge in [-0.1, -0.05) is 66.7 Å². The van der Waals surface area contributed by atoms with Crippen molar-refractivity contribution >= 4 is 22.1 Å². The minimum Gasteiger partial charge on any atom is -0.506 e. The average molecular weight is 366 g/mol. The zero-order valence-electron chi connectivity index (χ0n) is 12.4. The van der Waals surface area contributed by atoms with Crippen LogP contribution in [-0.2, 0) is 0 Å². The highest BCUT2D eigenvalue weighted by Crippen LogP contribution is 2.29. The van der Waals surface area contributed by atoms with Crippen molar-refractivity contribution in [3.8, 4) is 5.75 Å². The fourth-order valence-electron chi connectivity index (χ4n) is 2.43. The number of para-hydroxylation sites is 1. The third kappa shape index (κ3) is 3.69. The summed E-state index contributed by atoms with van der Waals surface area (Å²) in [5, 5.41) is 10.1. The summed E-state index contributed by atoms with van der Waals surface area (Å²) < 4.78 is 0.664. The fraction of sp³-hybridized carbons (Fsp3) is 0.0500. The van der Waals surface area contributed by atoms with Crippen molar-refractivity contribution in [1.29, 1.82) is 0 Å². The maximum absolute atomic E-state index is 10.1. The number of aliphatic imine (C=N–C) groups is 1. The van der Waals surface area contributed by atoms with E-state index < -0.39 is 0 Å². The summed E-state index contributed by atoms with van der Waals surface area (Å²) in [6.07, 6.45) is 1.73. The Morgan fingerprint density at radius 2 is 1.35 bits per heavy atom. The molecular formula is C20H16BrNO. The van der Waals surface area contributed by atoms with E-state index >= 15 is 0 Å². The molecule has 0 aliphatic carbocycles. The number of aromatic hydroxyl groups is 1. The quantitative estimate of drug-likeness (QED) is 0.619. The number of hydrogen-bond acceptors (Lipinski definition) is 2. The summed E-state index contributed by atoms with van der Waals surface area (Å²) in [5.41, 5.74) is 2.92. The van der Waals surface area contributed by atoms with Crippen molar-refractivity contribution in [2.75, 3.05) is 0 Å². The molecule has 0 saturated heterocycles. The van der Waals surface area contributed by atoms with E-state index in [0.717, 1.165) is 11.1 Å². The second-order valence-electron chi connectivity index (χ2n) is 5.18. The Kier molecular flexibility index (Phi) is 4.89. The van der Waals surface area contributed by atoms with E-state index in [-0.39, 0.29) is 11.8 Å². The number of benzene rings is 3. The summed E-state index contributed by atoms with van der Waals surface area (Å²) in [4.78, 5) is 4.73. The van der Waals surface area contributed by atoms with Gasteiger partial charge in [-0.05, 0) is 39.2 Å². The molecule has 3 aromatic rings. The topological polar surface area (TPSA) is 32.6 Å². The van der Waals surface area contributed by atoms with Gasteiger partial charge in [0.05, 0.1) is 10.5 Å². The van der Waals surface area contributed by atoms with Crippen LogP contribution < -0.4 is 0 Å². The van der Waals surface area contributed by atoms with Crippen molar-refractivity contribution in [3.63, 3.8) is 0 Å². The molecule has 0 bridgehead atoms. The lowest BCUT2D eigenvalue weighted by Crippen LogP contribution is -1.99. The van der Waals surface area contributed by atoms with Gasteiger partial charge in [0.15, 0.2) is 0 Å². The Hall–Kier alpha value is -2.39. The van der Waals surface area contributed by atoms with Gasteiger partial charge in [0.25, 0.3) is 0 Å². The second-order valence-corrected chi connectivity index (χ2v) is 6.03. The monoisotopic (exact) mass is 365 g/mol. The van der Waals surface area contributed by atoms with Crippen LogP contribution in [-0.4, -0.2) is 11.3 Å². The van der Waals surface area contributed by atoms with Crippen molar-refractivity contribution in [3.05, 3.63) is 100 Å². The molecule has 0 saturated carbocycles. The molecule has 3 heteroatoms. The van der Waals surface area contributed by atoms with Crippen LogP contribution in [0.3, 0.4) is 0 Å². The molecule has 114 valence electrons.